The molecule has 342 valence electrons. The number of hydrogen-bond acceptors (Lipinski definition) is 12. The van der Waals surface area contributed by atoms with Crippen LogP contribution in [0.25, 0.3) is 0 Å². The summed E-state index contributed by atoms with van der Waals surface area (Å²) in [6.45, 7) is 3.09. The first kappa shape index (κ1) is 48.2. The molecule has 2 aliphatic rings. The third-order valence-corrected chi connectivity index (χ3v) is 12.7. The third-order valence-electron chi connectivity index (χ3n) is 11.3. The van der Waals surface area contributed by atoms with Gasteiger partial charge in [0, 0.05) is 25.1 Å². The fourth-order valence-corrected chi connectivity index (χ4v) is 8.62. The number of ether oxygens (including phenoxy) is 1. The standard InChI is InChI=1S/C42H54F2N8O10S/c1-42(2,59)34-23-47-50-52(34)29-22-33(38(56)48-31(35(53)36(45)54)15-9-10-20-46-41(58)62-25-27-13-7-4-8-14-27)51(24-29)39(57)32(21-26-11-5-3-6-12-26)49-37(55)28-16-18-30(19-17-28)63(60,61)40(43)44/h4,7-8,13-14,16-19,23,26,29,31-33,40,59H,3,5-6,9-12,15,20-22,24-25H2,1-2H3,(H2,45,54)(H,46,58)(H,48,56)(H,49,55)/t29-,31?,32+,33-/m0/s1. The van der Waals surface area contributed by atoms with Gasteiger partial charge in [0.25, 0.3) is 11.8 Å². The summed E-state index contributed by atoms with van der Waals surface area (Å²) >= 11 is 0. The topological polar surface area (TPSA) is 262 Å². The number of alkyl halides is 2. The molecule has 21 heteroatoms. The largest absolute Gasteiger partial charge is 0.445 e. The number of amides is 5. The maximum Gasteiger partial charge on any atom is 0.407 e. The number of rotatable bonds is 20. The molecule has 5 amide bonds. The van der Waals surface area contributed by atoms with Crippen LogP contribution in [0.5, 0.6) is 0 Å². The van der Waals surface area contributed by atoms with E-state index in [1.165, 1.54) is 29.6 Å². The second-order valence-corrected chi connectivity index (χ2v) is 18.3. The third kappa shape index (κ3) is 12.9. The number of benzene rings is 2. The van der Waals surface area contributed by atoms with E-state index in [1.807, 2.05) is 18.2 Å². The Kier molecular flexibility index (Phi) is 16.5. The van der Waals surface area contributed by atoms with Gasteiger partial charge in [0.15, 0.2) is 0 Å². The van der Waals surface area contributed by atoms with Crippen LogP contribution in [-0.4, -0.2) is 106 Å². The Labute approximate surface area is 363 Å². The lowest BCUT2D eigenvalue weighted by Gasteiger charge is -2.32. The van der Waals surface area contributed by atoms with Gasteiger partial charge in [0.1, 0.15) is 24.3 Å². The van der Waals surface area contributed by atoms with E-state index in [0.717, 1.165) is 61.9 Å². The molecule has 1 aromatic heterocycles. The van der Waals surface area contributed by atoms with Gasteiger partial charge in [-0.15, -0.1) is 5.10 Å². The molecule has 0 spiro atoms. The highest BCUT2D eigenvalue weighted by Crippen LogP contribution is 2.34. The van der Waals surface area contributed by atoms with Crippen LogP contribution in [0, 0.1) is 5.92 Å². The normalized spacial score (nSPS) is 18.0. The molecule has 0 radical (unpaired) electrons. The molecule has 6 N–H and O–H groups in total. The number of aromatic nitrogens is 3. The zero-order chi connectivity index (χ0) is 45.9. The van der Waals surface area contributed by atoms with Crippen molar-refractivity contribution < 1.29 is 55.8 Å². The van der Waals surface area contributed by atoms with Crippen LogP contribution in [-0.2, 0) is 46.0 Å². The second-order valence-electron chi connectivity index (χ2n) is 16.4. The fraction of sp³-hybridized carbons (Fsp3) is 0.524. The van der Waals surface area contributed by atoms with Gasteiger partial charge in [-0.25, -0.2) is 17.9 Å². The molecule has 2 aromatic carbocycles. The van der Waals surface area contributed by atoms with E-state index in [0.29, 0.717) is 6.42 Å². The number of nitrogens with two attached hydrogens (primary N) is 1. The first-order chi connectivity index (χ1) is 29.9. The predicted octanol–water partition coefficient (Wildman–Crippen LogP) is 3.05. The van der Waals surface area contributed by atoms with Gasteiger partial charge in [-0.2, -0.15) is 8.78 Å². The molecule has 1 saturated heterocycles. The van der Waals surface area contributed by atoms with E-state index in [1.54, 1.807) is 12.1 Å². The van der Waals surface area contributed by atoms with Crippen molar-refractivity contribution in [1.29, 1.82) is 0 Å². The maximum atomic E-state index is 14.8. The molecule has 18 nitrogen and oxygen atoms in total. The lowest BCUT2D eigenvalue weighted by Crippen LogP contribution is -2.56. The van der Waals surface area contributed by atoms with E-state index in [2.05, 4.69) is 26.3 Å². The lowest BCUT2D eigenvalue weighted by atomic mass is 9.84. The number of Topliss-reactive ketones (excluding diaryl/α,β-unsaturated/α-hetero) is 1. The Morgan fingerprint density at radius 3 is 2.27 bits per heavy atom. The quantitative estimate of drug-likeness (QED) is 0.0810. The van der Waals surface area contributed by atoms with Crippen molar-refractivity contribution in [2.75, 3.05) is 13.1 Å². The number of hydrogen-bond donors (Lipinski definition) is 5. The molecule has 3 aromatic rings. The highest BCUT2D eigenvalue weighted by atomic mass is 32.2. The van der Waals surface area contributed by atoms with E-state index in [9.17, 15) is 51.1 Å². The summed E-state index contributed by atoms with van der Waals surface area (Å²) in [4.78, 5) is 80.8. The van der Waals surface area contributed by atoms with Crippen LogP contribution < -0.4 is 21.7 Å². The van der Waals surface area contributed by atoms with E-state index < -0.39 is 85.8 Å². The van der Waals surface area contributed by atoms with E-state index in [4.69, 9.17) is 10.5 Å². The molecule has 1 aliphatic carbocycles. The SMILES string of the molecule is CC(C)(O)c1cnnn1[C@H]1C[C@@H](C(=O)NC(CCCCNC(=O)OCc2ccccc2)C(=O)C(N)=O)N(C(=O)[C@@H](CC2CCCCC2)NC(=O)c2ccc(S(=O)(=O)C(F)F)cc2)C1. The summed E-state index contributed by atoms with van der Waals surface area (Å²) < 4.78 is 57.0. The van der Waals surface area contributed by atoms with Crippen LogP contribution in [0.4, 0.5) is 13.6 Å². The van der Waals surface area contributed by atoms with Crippen LogP contribution in [0.15, 0.2) is 65.7 Å². The fourth-order valence-electron chi connectivity index (χ4n) is 7.90. The van der Waals surface area contributed by atoms with Crippen LogP contribution in [0.1, 0.15) is 106 Å². The molecule has 2 fully saturated rings. The number of alkyl carbamates (subject to hydrolysis) is 1. The highest BCUT2D eigenvalue weighted by Gasteiger charge is 2.45. The van der Waals surface area contributed by atoms with Gasteiger partial charge >= 0.3 is 11.9 Å². The second kappa shape index (κ2) is 21.5. The van der Waals surface area contributed by atoms with Gasteiger partial charge in [-0.3, -0.25) is 24.0 Å². The number of ketones is 1. The molecule has 63 heavy (non-hydrogen) atoms. The van der Waals surface area contributed by atoms with Gasteiger partial charge in [0.05, 0.1) is 28.9 Å². The number of aliphatic hydroxyl groups is 1. The van der Waals surface area contributed by atoms with E-state index >= 15 is 0 Å². The molecular weight excluding hydrogens is 847 g/mol. The van der Waals surface area contributed by atoms with Crippen molar-refractivity contribution in [2.45, 2.75) is 125 Å². The van der Waals surface area contributed by atoms with Crippen molar-refractivity contribution >= 4 is 45.3 Å². The number of sulfone groups is 1. The van der Waals surface area contributed by atoms with Crippen molar-refractivity contribution in [3.05, 3.63) is 77.6 Å². The zero-order valence-electron chi connectivity index (χ0n) is 35.1. The summed E-state index contributed by atoms with van der Waals surface area (Å²) in [5.41, 5.74) is 4.91. The molecule has 0 bridgehead atoms. The monoisotopic (exact) mass is 900 g/mol. The Morgan fingerprint density at radius 1 is 0.952 bits per heavy atom. The Balaban J connectivity index is 1.35. The molecule has 4 atom stereocenters. The number of primary amides is 1. The molecule has 1 aliphatic heterocycles. The van der Waals surface area contributed by atoms with Crippen LogP contribution >= 0.6 is 0 Å². The lowest BCUT2D eigenvalue weighted by molar-refractivity contribution is -0.142. The predicted molar refractivity (Wildman–Crippen MR) is 221 cm³/mol. The molecule has 2 heterocycles. The molecule has 1 saturated carbocycles. The zero-order valence-corrected chi connectivity index (χ0v) is 35.9. The first-order valence-corrected chi connectivity index (χ1v) is 22.4. The minimum Gasteiger partial charge on any atom is -0.445 e. The van der Waals surface area contributed by atoms with E-state index in [-0.39, 0.29) is 62.6 Å². The highest BCUT2D eigenvalue weighted by molar-refractivity contribution is 7.91. The average molecular weight is 901 g/mol. The summed E-state index contributed by atoms with van der Waals surface area (Å²) in [5.74, 6) is -8.32. The van der Waals surface area contributed by atoms with Crippen LogP contribution in [0.3, 0.4) is 0 Å². The van der Waals surface area contributed by atoms with Crippen molar-refractivity contribution in [2.24, 2.45) is 11.7 Å². The number of likely N-dealkylation sites (tertiary alicyclic amines) is 1. The molecular formula is C42H54F2N8O10S. The number of halogens is 2. The number of unbranched alkanes of at least 4 members (excludes halogenated alkanes) is 1. The van der Waals surface area contributed by atoms with Crippen molar-refractivity contribution in [3.8, 4) is 0 Å². The van der Waals surface area contributed by atoms with Gasteiger partial charge in [-0.05, 0) is 75.3 Å². The Hall–Kier alpha value is -5.83. The molecule has 1 unspecified atom stereocenters. The number of nitrogens with one attached hydrogen (secondary N) is 3. The van der Waals surface area contributed by atoms with Gasteiger partial charge in [-0.1, -0.05) is 67.6 Å². The minimum absolute atomic E-state index is 0.00659. The summed E-state index contributed by atoms with van der Waals surface area (Å²) in [6.07, 6.45) is 5.62. The summed E-state index contributed by atoms with van der Waals surface area (Å²) in [7, 11) is -4.93. The van der Waals surface area contributed by atoms with Crippen LogP contribution in [0.2, 0.25) is 0 Å². The summed E-state index contributed by atoms with van der Waals surface area (Å²) in [5, 5.41) is 26.9. The average Bonchev–Trinajstić information content (AvgIpc) is 3.94. The van der Waals surface area contributed by atoms with Crippen molar-refractivity contribution in [3.63, 3.8) is 0 Å². The molecule has 5 rings (SSSR count). The van der Waals surface area contributed by atoms with Gasteiger partial charge < -0.3 is 36.4 Å². The maximum absolute atomic E-state index is 14.8. The first-order valence-electron chi connectivity index (χ1n) is 20.8. The summed E-state index contributed by atoms with van der Waals surface area (Å²) in [6, 6.07) is 8.27. The Morgan fingerprint density at radius 2 is 1.63 bits per heavy atom. The number of carbonyl (C=O) groups is 6. The minimum atomic E-state index is -4.93. The Bertz CT molecular complexity index is 2200. The number of nitrogens with zero attached hydrogens (tertiary/aromatic N) is 4. The smallest absolute Gasteiger partial charge is 0.407 e. The van der Waals surface area contributed by atoms with Gasteiger partial charge in [0.2, 0.25) is 27.4 Å². The van der Waals surface area contributed by atoms with Crippen molar-refractivity contribution in [1.82, 2.24) is 35.8 Å². The number of carbonyl (C=O) groups excluding carboxylic acids is 6.